The van der Waals surface area contributed by atoms with Gasteiger partial charge in [0.1, 0.15) is 0 Å². The van der Waals surface area contributed by atoms with Crippen LogP contribution in [0.4, 0.5) is 0 Å². The lowest BCUT2D eigenvalue weighted by molar-refractivity contribution is 0.0342. The second-order valence-corrected chi connectivity index (χ2v) is 7.97. The molecule has 0 unspecified atom stereocenters. The molecule has 1 heterocycles. The zero-order valence-corrected chi connectivity index (χ0v) is 19.8. The van der Waals surface area contributed by atoms with Gasteiger partial charge in [0.05, 0.1) is 27.4 Å². The van der Waals surface area contributed by atoms with E-state index in [1.165, 1.54) is 16.7 Å². The predicted octanol–water partition coefficient (Wildman–Crippen LogP) is 2.79. The third kappa shape index (κ3) is 6.87. The number of methoxy groups -OCH3 is 2. The Hall–Kier alpha value is -2.77. The molecule has 1 fully saturated rings. The molecule has 0 aliphatic carbocycles. The van der Waals surface area contributed by atoms with Crippen molar-refractivity contribution in [2.24, 2.45) is 4.99 Å². The average Bonchev–Trinajstić information content (AvgIpc) is 2.84. The Labute approximate surface area is 192 Å². The number of rotatable bonds is 9. The minimum absolute atomic E-state index is 0.741. The number of hydrogen-bond acceptors (Lipinski definition) is 5. The molecule has 174 valence electrons. The summed E-state index contributed by atoms with van der Waals surface area (Å²) in [6.07, 6.45) is 0.883. The molecule has 1 saturated heterocycles. The predicted molar refractivity (Wildman–Crippen MR) is 129 cm³/mol. The van der Waals surface area contributed by atoms with E-state index in [0.717, 1.165) is 69.8 Å². The van der Waals surface area contributed by atoms with E-state index in [9.17, 15) is 0 Å². The van der Waals surface area contributed by atoms with Gasteiger partial charge in [-0.25, -0.2) is 0 Å². The number of benzene rings is 2. The first-order valence-electron chi connectivity index (χ1n) is 11.1. The zero-order valence-electron chi connectivity index (χ0n) is 19.8. The molecule has 2 aromatic rings. The second-order valence-electron chi connectivity index (χ2n) is 7.97. The summed E-state index contributed by atoms with van der Waals surface area (Å²) < 4.78 is 16.2. The van der Waals surface area contributed by atoms with E-state index >= 15 is 0 Å². The van der Waals surface area contributed by atoms with Gasteiger partial charge in [0.25, 0.3) is 0 Å². The van der Waals surface area contributed by atoms with Crippen LogP contribution in [0.2, 0.25) is 0 Å². The van der Waals surface area contributed by atoms with Gasteiger partial charge in [-0.2, -0.15) is 0 Å². The molecule has 7 heteroatoms. The number of hydrogen-bond donors (Lipinski definition) is 1. The fourth-order valence-electron chi connectivity index (χ4n) is 3.78. The van der Waals surface area contributed by atoms with Gasteiger partial charge in [0.2, 0.25) is 0 Å². The number of nitrogens with zero attached hydrogens (tertiary/aromatic N) is 3. The Bertz CT molecular complexity index is 864. The maximum Gasteiger partial charge on any atom is 0.193 e. The highest BCUT2D eigenvalue weighted by molar-refractivity contribution is 5.79. The minimum atomic E-state index is 0.741. The van der Waals surface area contributed by atoms with Crippen LogP contribution in [0.25, 0.3) is 0 Å². The molecule has 0 radical (unpaired) electrons. The van der Waals surface area contributed by atoms with Gasteiger partial charge in [-0.05, 0) is 35.2 Å². The third-order valence-corrected chi connectivity index (χ3v) is 5.74. The van der Waals surface area contributed by atoms with Crippen molar-refractivity contribution in [1.29, 1.82) is 0 Å². The normalized spacial score (nSPS) is 14.8. The summed E-state index contributed by atoms with van der Waals surface area (Å²) in [7, 11) is 7.19. The summed E-state index contributed by atoms with van der Waals surface area (Å²) in [6.45, 7) is 6.25. The van der Waals surface area contributed by atoms with Gasteiger partial charge in [-0.3, -0.25) is 9.89 Å². The molecular formula is C25H36N4O3. The highest BCUT2D eigenvalue weighted by atomic mass is 16.5. The zero-order chi connectivity index (χ0) is 22.8. The lowest BCUT2D eigenvalue weighted by Gasteiger charge is -2.26. The first kappa shape index (κ1) is 23.9. The monoisotopic (exact) mass is 440 g/mol. The lowest BCUT2D eigenvalue weighted by Crippen LogP contribution is -2.39. The Kier molecular flexibility index (Phi) is 9.19. The molecule has 0 atom stereocenters. The van der Waals surface area contributed by atoms with Crippen LogP contribution >= 0.6 is 0 Å². The molecule has 32 heavy (non-hydrogen) atoms. The smallest absolute Gasteiger partial charge is 0.193 e. The molecule has 0 aromatic heterocycles. The SMILES string of the molecule is CN=C(NCc1ccc(CN2CCOCC2)cc1)N(C)CCc1ccc(OC)c(OC)c1. The summed E-state index contributed by atoms with van der Waals surface area (Å²) >= 11 is 0. The number of guanidine groups is 1. The Balaban J connectivity index is 1.47. The molecule has 1 N–H and O–H groups in total. The van der Waals surface area contributed by atoms with Gasteiger partial charge >= 0.3 is 0 Å². The topological polar surface area (TPSA) is 58.6 Å². The number of nitrogens with one attached hydrogen (secondary N) is 1. The largest absolute Gasteiger partial charge is 0.493 e. The van der Waals surface area contributed by atoms with Crippen LogP contribution in [-0.2, 0) is 24.2 Å². The summed E-state index contributed by atoms with van der Waals surface area (Å²) in [4.78, 5) is 9.02. The van der Waals surface area contributed by atoms with Crippen LogP contribution in [0.15, 0.2) is 47.5 Å². The molecule has 1 aliphatic rings. The first-order chi connectivity index (χ1) is 15.6. The van der Waals surface area contributed by atoms with Crippen LogP contribution in [0, 0.1) is 0 Å². The molecule has 0 bridgehead atoms. The Morgan fingerprint density at radius 1 is 1.00 bits per heavy atom. The molecule has 0 saturated carbocycles. The maximum atomic E-state index is 5.43. The van der Waals surface area contributed by atoms with Gasteiger partial charge in [-0.1, -0.05) is 30.3 Å². The van der Waals surface area contributed by atoms with Crippen molar-refractivity contribution in [3.63, 3.8) is 0 Å². The number of ether oxygens (including phenoxy) is 3. The fraction of sp³-hybridized carbons (Fsp3) is 0.480. The first-order valence-corrected chi connectivity index (χ1v) is 11.1. The molecule has 2 aromatic carbocycles. The highest BCUT2D eigenvalue weighted by Gasteiger charge is 2.11. The summed E-state index contributed by atoms with van der Waals surface area (Å²) in [5.41, 5.74) is 3.78. The van der Waals surface area contributed by atoms with Crippen LogP contribution in [0.1, 0.15) is 16.7 Å². The van der Waals surface area contributed by atoms with Crippen LogP contribution in [0.3, 0.4) is 0 Å². The summed E-state index contributed by atoms with van der Waals surface area (Å²) in [5, 5.41) is 3.47. The van der Waals surface area contributed by atoms with Crippen LogP contribution < -0.4 is 14.8 Å². The van der Waals surface area contributed by atoms with Crippen molar-refractivity contribution in [3.05, 3.63) is 59.2 Å². The Morgan fingerprint density at radius 3 is 2.31 bits per heavy atom. The van der Waals surface area contributed by atoms with Crippen molar-refractivity contribution >= 4 is 5.96 Å². The van der Waals surface area contributed by atoms with Crippen molar-refractivity contribution in [2.45, 2.75) is 19.5 Å². The molecular weight excluding hydrogens is 404 g/mol. The standard InChI is InChI=1S/C25H36N4O3/c1-26-25(28(2)12-11-20-9-10-23(30-3)24(17-20)31-4)27-18-21-5-7-22(8-6-21)19-29-13-15-32-16-14-29/h5-10,17H,11-16,18-19H2,1-4H3,(H,26,27). The van der Waals surface area contributed by atoms with E-state index in [4.69, 9.17) is 14.2 Å². The van der Waals surface area contributed by atoms with E-state index in [1.54, 1.807) is 14.2 Å². The quantitative estimate of drug-likeness (QED) is 0.478. The summed E-state index contributed by atoms with van der Waals surface area (Å²) in [6, 6.07) is 14.9. The Morgan fingerprint density at radius 2 is 1.66 bits per heavy atom. The second kappa shape index (κ2) is 12.3. The third-order valence-electron chi connectivity index (χ3n) is 5.74. The maximum absolute atomic E-state index is 5.43. The van der Waals surface area contributed by atoms with Crippen molar-refractivity contribution in [2.75, 3.05) is 61.2 Å². The van der Waals surface area contributed by atoms with E-state index in [2.05, 4.69) is 57.5 Å². The fourth-order valence-corrected chi connectivity index (χ4v) is 3.78. The van der Waals surface area contributed by atoms with Crippen molar-refractivity contribution in [3.8, 4) is 11.5 Å². The van der Waals surface area contributed by atoms with Crippen LogP contribution in [-0.4, -0.2) is 76.9 Å². The number of likely N-dealkylation sites (N-methyl/N-ethyl adjacent to an activating group) is 1. The van der Waals surface area contributed by atoms with Gasteiger partial charge in [0.15, 0.2) is 17.5 Å². The van der Waals surface area contributed by atoms with Gasteiger partial charge < -0.3 is 24.4 Å². The van der Waals surface area contributed by atoms with E-state index in [1.807, 2.05) is 19.2 Å². The average molecular weight is 441 g/mol. The van der Waals surface area contributed by atoms with Gasteiger partial charge in [0, 0.05) is 46.8 Å². The molecule has 7 nitrogen and oxygen atoms in total. The lowest BCUT2D eigenvalue weighted by atomic mass is 10.1. The summed E-state index contributed by atoms with van der Waals surface area (Å²) in [5.74, 6) is 2.38. The number of morpholine rings is 1. The number of aliphatic imine (C=N–C) groups is 1. The van der Waals surface area contributed by atoms with Crippen molar-refractivity contribution in [1.82, 2.24) is 15.1 Å². The van der Waals surface area contributed by atoms with E-state index in [0.29, 0.717) is 0 Å². The molecule has 0 amide bonds. The molecule has 1 aliphatic heterocycles. The highest BCUT2D eigenvalue weighted by Crippen LogP contribution is 2.27. The molecule has 3 rings (SSSR count). The van der Waals surface area contributed by atoms with Crippen molar-refractivity contribution < 1.29 is 14.2 Å². The molecule has 0 spiro atoms. The minimum Gasteiger partial charge on any atom is -0.493 e. The van der Waals surface area contributed by atoms with Crippen LogP contribution in [0.5, 0.6) is 11.5 Å². The van der Waals surface area contributed by atoms with E-state index < -0.39 is 0 Å². The van der Waals surface area contributed by atoms with E-state index in [-0.39, 0.29) is 0 Å². The van der Waals surface area contributed by atoms with Gasteiger partial charge in [-0.15, -0.1) is 0 Å².